The molecule has 2 amide bonds. The summed E-state index contributed by atoms with van der Waals surface area (Å²) in [6, 6.07) is 8.36. The van der Waals surface area contributed by atoms with Crippen LogP contribution in [0.1, 0.15) is 55.8 Å². The minimum Gasteiger partial charge on any atom is -0.406 e. The Hall–Kier alpha value is -3.16. The van der Waals surface area contributed by atoms with Gasteiger partial charge in [0.1, 0.15) is 11.8 Å². The monoisotopic (exact) mass is 596 g/mol. The number of halogens is 3. The number of sulfonamides is 1. The molecule has 1 saturated heterocycles. The highest BCUT2D eigenvalue weighted by atomic mass is 32.2. The van der Waals surface area contributed by atoms with Crippen molar-refractivity contribution in [3.8, 4) is 5.75 Å². The van der Waals surface area contributed by atoms with Crippen LogP contribution in [0.4, 0.5) is 13.2 Å². The van der Waals surface area contributed by atoms with E-state index in [1.807, 2.05) is 12.1 Å². The highest BCUT2D eigenvalue weighted by molar-refractivity contribution is 7.89. The van der Waals surface area contributed by atoms with E-state index >= 15 is 0 Å². The number of aryl methyl sites for hydroxylation is 1. The van der Waals surface area contributed by atoms with Crippen molar-refractivity contribution in [1.82, 2.24) is 20.3 Å². The van der Waals surface area contributed by atoms with Gasteiger partial charge in [0.15, 0.2) is 0 Å². The molecule has 9 nitrogen and oxygen atoms in total. The van der Waals surface area contributed by atoms with E-state index in [0.717, 1.165) is 77.6 Å². The summed E-state index contributed by atoms with van der Waals surface area (Å²) in [5.74, 6) is -1.12. The smallest absolute Gasteiger partial charge is 0.406 e. The molecule has 0 bridgehead atoms. The van der Waals surface area contributed by atoms with E-state index in [-0.39, 0.29) is 24.0 Å². The molecule has 0 spiro atoms. The maximum atomic E-state index is 13.4. The van der Waals surface area contributed by atoms with Crippen LogP contribution >= 0.6 is 0 Å². The molecule has 0 saturated carbocycles. The molecule has 2 aromatic carbocycles. The number of rotatable bonds is 10. The number of amides is 2. The zero-order valence-corrected chi connectivity index (χ0v) is 23.8. The van der Waals surface area contributed by atoms with Gasteiger partial charge in [-0.15, -0.1) is 13.2 Å². The van der Waals surface area contributed by atoms with Crippen LogP contribution in [0.25, 0.3) is 0 Å². The summed E-state index contributed by atoms with van der Waals surface area (Å²) in [4.78, 5) is 25.6. The number of ether oxygens (including phenoxy) is 1. The van der Waals surface area contributed by atoms with Crippen molar-refractivity contribution in [1.29, 1.82) is 0 Å². The third-order valence-electron chi connectivity index (χ3n) is 7.06. The number of fused-ring (bicyclic) bond motifs is 1. The van der Waals surface area contributed by atoms with Gasteiger partial charge in [-0.1, -0.05) is 32.0 Å². The van der Waals surface area contributed by atoms with Gasteiger partial charge in [-0.3, -0.25) is 9.59 Å². The summed E-state index contributed by atoms with van der Waals surface area (Å²) in [6.45, 7) is 5.90. The van der Waals surface area contributed by atoms with Crippen LogP contribution < -0.4 is 20.7 Å². The van der Waals surface area contributed by atoms with Crippen molar-refractivity contribution in [2.75, 3.05) is 19.6 Å². The number of alkyl halides is 3. The topological polar surface area (TPSA) is 117 Å². The third kappa shape index (κ3) is 7.98. The van der Waals surface area contributed by atoms with E-state index < -0.39 is 46.4 Å². The van der Waals surface area contributed by atoms with Gasteiger partial charge < -0.3 is 20.7 Å². The molecule has 0 radical (unpaired) electrons. The lowest BCUT2D eigenvalue weighted by atomic mass is 9.86. The molecule has 2 aromatic rings. The number of benzene rings is 2. The Morgan fingerprint density at radius 3 is 2.59 bits per heavy atom. The third-order valence-corrected chi connectivity index (χ3v) is 8.99. The second-order valence-corrected chi connectivity index (χ2v) is 12.6. The highest BCUT2D eigenvalue weighted by Crippen LogP contribution is 2.31. The van der Waals surface area contributed by atoms with E-state index in [4.69, 9.17) is 0 Å². The van der Waals surface area contributed by atoms with Crippen molar-refractivity contribution in [3.05, 3.63) is 59.2 Å². The van der Waals surface area contributed by atoms with Crippen LogP contribution in [0.2, 0.25) is 0 Å². The van der Waals surface area contributed by atoms with Crippen molar-refractivity contribution in [2.45, 2.75) is 69.4 Å². The van der Waals surface area contributed by atoms with Crippen molar-refractivity contribution in [3.63, 3.8) is 0 Å². The summed E-state index contributed by atoms with van der Waals surface area (Å²) < 4.78 is 68.9. The van der Waals surface area contributed by atoms with Gasteiger partial charge in [0, 0.05) is 19.6 Å². The maximum absolute atomic E-state index is 13.4. The molecular formula is C28H35F3N4O5S. The van der Waals surface area contributed by atoms with Crippen molar-refractivity contribution in [2.24, 2.45) is 5.92 Å². The quantitative estimate of drug-likeness (QED) is 0.387. The van der Waals surface area contributed by atoms with E-state index in [0.29, 0.717) is 5.92 Å². The Labute approximate surface area is 237 Å². The average molecular weight is 597 g/mol. The van der Waals surface area contributed by atoms with Gasteiger partial charge in [0.2, 0.25) is 21.8 Å². The van der Waals surface area contributed by atoms with Crippen molar-refractivity contribution < 1.29 is 35.9 Å². The van der Waals surface area contributed by atoms with Crippen LogP contribution in [-0.2, 0) is 32.6 Å². The summed E-state index contributed by atoms with van der Waals surface area (Å²) >= 11 is 0. The first-order valence-corrected chi connectivity index (χ1v) is 15.0. The highest BCUT2D eigenvalue weighted by Gasteiger charge is 2.40. The number of nitrogens with one attached hydrogen (secondary N) is 3. The molecule has 0 aromatic heterocycles. The standard InChI is InChI=1S/C28H35F3N4O5S/c1-18(2)16-32-17-19-6-11-23-20(14-19)4-3-5-24(23)34-26(36)15-25-27(37)33-12-13-35(25)41(38,39)22-9-7-21(8-10-22)40-28(29,30)31/h6-11,14,18,24-25,32H,3-5,12-13,15-17H2,1-2H3,(H,33,37)(H,34,36)/t24-,25?/m1/s1. The second-order valence-electron chi connectivity index (χ2n) is 10.7. The number of carbonyl (C=O) groups is 2. The van der Waals surface area contributed by atoms with Crippen molar-refractivity contribution >= 4 is 21.8 Å². The summed E-state index contributed by atoms with van der Waals surface area (Å²) in [6.07, 6.45) is -2.84. The van der Waals surface area contributed by atoms with Gasteiger partial charge in [-0.2, -0.15) is 4.31 Å². The maximum Gasteiger partial charge on any atom is 0.573 e. The second kappa shape index (κ2) is 12.8. The predicted molar refractivity (Wildman–Crippen MR) is 145 cm³/mol. The van der Waals surface area contributed by atoms with Crippen LogP contribution in [0, 0.1) is 5.92 Å². The first-order chi connectivity index (χ1) is 19.3. The SMILES string of the molecule is CC(C)CNCc1ccc2c(c1)CCC[C@H]2NC(=O)CC1C(=O)NCCN1S(=O)(=O)c1ccc(OC(F)(F)F)cc1. The molecule has 4 rings (SSSR count). The minimum absolute atomic E-state index is 0.0375. The molecule has 2 atom stereocenters. The number of hydrogen-bond acceptors (Lipinski definition) is 6. The van der Waals surface area contributed by atoms with Crippen LogP contribution in [-0.4, -0.2) is 56.6 Å². The molecule has 1 aliphatic carbocycles. The molecule has 1 unspecified atom stereocenters. The molecular weight excluding hydrogens is 561 g/mol. The zero-order chi connectivity index (χ0) is 29.8. The van der Waals surface area contributed by atoms with Gasteiger partial charge >= 0.3 is 6.36 Å². The minimum atomic E-state index is -4.92. The fraction of sp³-hybridized carbons (Fsp3) is 0.500. The van der Waals surface area contributed by atoms with Crippen LogP contribution in [0.15, 0.2) is 47.4 Å². The number of hydrogen-bond donors (Lipinski definition) is 3. The molecule has 3 N–H and O–H groups in total. The molecule has 13 heteroatoms. The lowest BCUT2D eigenvalue weighted by Crippen LogP contribution is -2.58. The van der Waals surface area contributed by atoms with E-state index in [9.17, 15) is 31.2 Å². The molecule has 1 heterocycles. The molecule has 41 heavy (non-hydrogen) atoms. The number of nitrogens with zero attached hydrogens (tertiary/aromatic N) is 1. The summed E-state index contributed by atoms with van der Waals surface area (Å²) in [7, 11) is -4.30. The summed E-state index contributed by atoms with van der Waals surface area (Å²) in [5.41, 5.74) is 3.33. The van der Waals surface area contributed by atoms with E-state index in [2.05, 4.69) is 40.6 Å². The molecule has 224 valence electrons. The van der Waals surface area contributed by atoms with Gasteiger partial charge in [0.25, 0.3) is 0 Å². The Morgan fingerprint density at radius 2 is 1.90 bits per heavy atom. The molecule has 1 fully saturated rings. The van der Waals surface area contributed by atoms with Crippen LogP contribution in [0.3, 0.4) is 0 Å². The average Bonchev–Trinajstić information content (AvgIpc) is 2.89. The van der Waals surface area contributed by atoms with Gasteiger partial charge in [0.05, 0.1) is 17.4 Å². The fourth-order valence-electron chi connectivity index (χ4n) is 5.19. The zero-order valence-electron chi connectivity index (χ0n) is 23.0. The Kier molecular flexibility index (Phi) is 9.60. The predicted octanol–water partition coefficient (Wildman–Crippen LogP) is 3.40. The van der Waals surface area contributed by atoms with Crippen LogP contribution in [0.5, 0.6) is 5.75 Å². The first-order valence-electron chi connectivity index (χ1n) is 13.6. The molecule has 1 aliphatic heterocycles. The lowest BCUT2D eigenvalue weighted by Gasteiger charge is -2.34. The number of carbonyl (C=O) groups excluding carboxylic acids is 2. The largest absolute Gasteiger partial charge is 0.573 e. The van der Waals surface area contributed by atoms with Gasteiger partial charge in [-0.25, -0.2) is 8.42 Å². The lowest BCUT2D eigenvalue weighted by molar-refractivity contribution is -0.274. The summed E-state index contributed by atoms with van der Waals surface area (Å²) in [5, 5.41) is 9.01. The first kappa shape index (κ1) is 30.8. The van der Waals surface area contributed by atoms with Gasteiger partial charge in [-0.05, 0) is 72.7 Å². The molecule has 2 aliphatic rings. The number of piperazine rings is 1. The van der Waals surface area contributed by atoms with E-state index in [1.54, 1.807) is 0 Å². The Morgan fingerprint density at radius 1 is 1.17 bits per heavy atom. The Balaban J connectivity index is 1.44. The van der Waals surface area contributed by atoms with E-state index in [1.165, 1.54) is 0 Å². The fourth-order valence-corrected chi connectivity index (χ4v) is 6.77. The normalized spacial score (nSPS) is 19.9. The Bertz CT molecular complexity index is 1350.